The molecule has 0 aliphatic carbocycles. The zero-order valence-corrected chi connectivity index (χ0v) is 19.9. The number of piperidine rings is 1. The van der Waals surface area contributed by atoms with Crippen molar-refractivity contribution in [3.05, 3.63) is 60.2 Å². The highest BCUT2D eigenvalue weighted by atomic mass is 16.5. The van der Waals surface area contributed by atoms with Crippen LogP contribution in [0.4, 0.5) is 5.69 Å². The molecule has 1 fully saturated rings. The Balaban J connectivity index is 1.60. The van der Waals surface area contributed by atoms with Crippen molar-refractivity contribution >= 4 is 17.5 Å². The fraction of sp³-hybridized carbons (Fsp3) is 0.444. The summed E-state index contributed by atoms with van der Waals surface area (Å²) in [6.07, 6.45) is 3.96. The third-order valence-electron chi connectivity index (χ3n) is 6.20. The molecule has 2 aromatic rings. The van der Waals surface area contributed by atoms with Crippen LogP contribution in [0.2, 0.25) is 0 Å². The van der Waals surface area contributed by atoms with Gasteiger partial charge in [-0.2, -0.15) is 5.26 Å². The Hall–Kier alpha value is -3.37. The number of para-hydroxylation sites is 2. The minimum Gasteiger partial charge on any atom is -0.496 e. The minimum absolute atomic E-state index is 0.0209. The van der Waals surface area contributed by atoms with Gasteiger partial charge < -0.3 is 15.0 Å². The minimum atomic E-state index is -0.158. The summed E-state index contributed by atoms with van der Waals surface area (Å²) in [4.78, 5) is 29.6. The molecule has 1 aliphatic heterocycles. The molecule has 1 saturated heterocycles. The summed E-state index contributed by atoms with van der Waals surface area (Å²) in [6.45, 7) is 2.75. The Bertz CT molecular complexity index is 967. The predicted octanol–water partition coefficient (Wildman–Crippen LogP) is 4.07. The number of likely N-dealkylation sites (tertiary alicyclic amines) is 1. The van der Waals surface area contributed by atoms with E-state index in [1.165, 1.54) is 6.42 Å². The van der Waals surface area contributed by atoms with Crippen LogP contribution in [0.25, 0.3) is 0 Å². The summed E-state index contributed by atoms with van der Waals surface area (Å²) in [6, 6.07) is 19.3. The van der Waals surface area contributed by atoms with E-state index in [9.17, 15) is 9.59 Å². The highest BCUT2D eigenvalue weighted by molar-refractivity contribution is 5.95. The molecule has 7 nitrogen and oxygen atoms in total. The summed E-state index contributed by atoms with van der Waals surface area (Å²) in [5.41, 5.74) is 1.81. The van der Waals surface area contributed by atoms with E-state index in [1.807, 2.05) is 48.5 Å². The normalized spacial score (nSPS) is 14.6. The maximum absolute atomic E-state index is 12.9. The SMILES string of the molecule is COc1ccccc1C(CNC(=O)CCC(=O)N(CCC#N)c1ccccc1)N1CCCCC1. The van der Waals surface area contributed by atoms with E-state index in [2.05, 4.69) is 22.4 Å². The van der Waals surface area contributed by atoms with E-state index in [-0.39, 0.29) is 37.1 Å². The number of rotatable bonds is 11. The van der Waals surface area contributed by atoms with Crippen LogP contribution in [0, 0.1) is 11.3 Å². The maximum Gasteiger partial charge on any atom is 0.227 e. The number of anilines is 1. The van der Waals surface area contributed by atoms with Crippen LogP contribution in [-0.4, -0.2) is 50.0 Å². The summed E-state index contributed by atoms with van der Waals surface area (Å²) < 4.78 is 5.59. The van der Waals surface area contributed by atoms with Crippen LogP contribution >= 0.6 is 0 Å². The van der Waals surface area contributed by atoms with Crippen LogP contribution in [-0.2, 0) is 9.59 Å². The lowest BCUT2D eigenvalue weighted by Crippen LogP contribution is -2.41. The van der Waals surface area contributed by atoms with Gasteiger partial charge in [-0.1, -0.05) is 42.8 Å². The smallest absolute Gasteiger partial charge is 0.227 e. The number of methoxy groups -OCH3 is 1. The zero-order chi connectivity index (χ0) is 24.2. The number of hydrogen-bond donors (Lipinski definition) is 1. The number of amides is 2. The van der Waals surface area contributed by atoms with Gasteiger partial charge in [-0.3, -0.25) is 14.5 Å². The lowest BCUT2D eigenvalue weighted by Gasteiger charge is -2.35. The van der Waals surface area contributed by atoms with E-state index in [4.69, 9.17) is 10.00 Å². The number of benzene rings is 2. The second kappa shape index (κ2) is 13.4. The average Bonchev–Trinajstić information content (AvgIpc) is 2.89. The number of nitrogens with zero attached hydrogens (tertiary/aromatic N) is 3. The topological polar surface area (TPSA) is 85.7 Å². The van der Waals surface area contributed by atoms with Crippen molar-refractivity contribution in [1.82, 2.24) is 10.2 Å². The van der Waals surface area contributed by atoms with Crippen LogP contribution < -0.4 is 15.0 Å². The Morgan fingerprint density at radius 3 is 2.47 bits per heavy atom. The highest BCUT2D eigenvalue weighted by Crippen LogP contribution is 2.31. The zero-order valence-electron chi connectivity index (χ0n) is 19.9. The van der Waals surface area contributed by atoms with E-state index >= 15 is 0 Å². The van der Waals surface area contributed by atoms with Crippen molar-refractivity contribution in [2.24, 2.45) is 0 Å². The van der Waals surface area contributed by atoms with Crippen molar-refractivity contribution in [3.8, 4) is 11.8 Å². The van der Waals surface area contributed by atoms with Crippen molar-refractivity contribution in [2.75, 3.05) is 38.2 Å². The molecule has 0 spiro atoms. The highest BCUT2D eigenvalue weighted by Gasteiger charge is 2.25. The van der Waals surface area contributed by atoms with Gasteiger partial charge in [0.2, 0.25) is 11.8 Å². The van der Waals surface area contributed by atoms with Crippen LogP contribution in [0.15, 0.2) is 54.6 Å². The van der Waals surface area contributed by atoms with Gasteiger partial charge in [-0.15, -0.1) is 0 Å². The Morgan fingerprint density at radius 1 is 1.06 bits per heavy atom. The molecule has 0 bridgehead atoms. The number of hydrogen-bond acceptors (Lipinski definition) is 5. The molecule has 0 aromatic heterocycles. The van der Waals surface area contributed by atoms with Crippen molar-refractivity contribution in [3.63, 3.8) is 0 Å². The number of carbonyl (C=O) groups excluding carboxylic acids is 2. The second-order valence-corrected chi connectivity index (χ2v) is 8.45. The number of ether oxygens (including phenoxy) is 1. The monoisotopic (exact) mass is 462 g/mol. The van der Waals surface area contributed by atoms with Crippen molar-refractivity contribution in [1.29, 1.82) is 5.26 Å². The number of carbonyl (C=O) groups is 2. The standard InChI is InChI=1S/C27H34N4O3/c1-34-25-14-7-6-13-23(25)24(30-18-8-3-9-19-30)21-29-26(32)15-16-27(33)31(20-10-17-28)22-11-4-2-5-12-22/h2,4-7,11-14,24H,3,8-10,15-16,18-21H2,1H3,(H,29,32). The quantitative estimate of drug-likeness (QED) is 0.544. The van der Waals surface area contributed by atoms with Gasteiger partial charge in [-0.25, -0.2) is 0 Å². The van der Waals surface area contributed by atoms with Crippen LogP contribution in [0.1, 0.15) is 50.1 Å². The summed E-state index contributed by atoms with van der Waals surface area (Å²) in [5, 5.41) is 12.0. The summed E-state index contributed by atoms with van der Waals surface area (Å²) >= 11 is 0. The lowest BCUT2D eigenvalue weighted by molar-refractivity contribution is -0.125. The summed E-state index contributed by atoms with van der Waals surface area (Å²) in [5.74, 6) is 0.506. The van der Waals surface area contributed by atoms with E-state index in [0.29, 0.717) is 13.1 Å². The van der Waals surface area contributed by atoms with Crippen molar-refractivity contribution < 1.29 is 14.3 Å². The fourth-order valence-electron chi connectivity index (χ4n) is 4.43. The van der Waals surface area contributed by atoms with Crippen LogP contribution in [0.3, 0.4) is 0 Å². The lowest BCUT2D eigenvalue weighted by atomic mass is 10.0. The van der Waals surface area contributed by atoms with Gasteiger partial charge >= 0.3 is 0 Å². The molecule has 2 amide bonds. The first-order valence-corrected chi connectivity index (χ1v) is 12.0. The molecule has 1 aliphatic rings. The first-order chi connectivity index (χ1) is 16.6. The molecule has 1 atom stereocenters. The first kappa shape index (κ1) is 25.3. The van der Waals surface area contributed by atoms with Gasteiger partial charge in [0.25, 0.3) is 0 Å². The molecule has 0 radical (unpaired) electrons. The van der Waals surface area contributed by atoms with Gasteiger partial charge in [-0.05, 0) is 44.1 Å². The molecule has 1 heterocycles. The molecule has 1 N–H and O–H groups in total. The van der Waals surface area contributed by atoms with E-state index < -0.39 is 0 Å². The largest absolute Gasteiger partial charge is 0.496 e. The molecule has 3 rings (SSSR count). The first-order valence-electron chi connectivity index (χ1n) is 12.0. The third kappa shape index (κ3) is 7.06. The van der Waals surface area contributed by atoms with E-state index in [1.54, 1.807) is 12.0 Å². The van der Waals surface area contributed by atoms with Gasteiger partial charge in [0.1, 0.15) is 5.75 Å². The summed E-state index contributed by atoms with van der Waals surface area (Å²) in [7, 11) is 1.67. The molecule has 180 valence electrons. The number of nitriles is 1. The van der Waals surface area contributed by atoms with E-state index in [0.717, 1.165) is 42.9 Å². The third-order valence-corrected chi connectivity index (χ3v) is 6.20. The Labute approximate surface area is 202 Å². The average molecular weight is 463 g/mol. The molecule has 1 unspecified atom stereocenters. The number of nitrogens with one attached hydrogen (secondary N) is 1. The van der Waals surface area contributed by atoms with Gasteiger partial charge in [0, 0.05) is 37.2 Å². The molecule has 0 saturated carbocycles. The van der Waals surface area contributed by atoms with Crippen molar-refractivity contribution in [2.45, 2.75) is 44.6 Å². The van der Waals surface area contributed by atoms with Crippen LogP contribution in [0.5, 0.6) is 5.75 Å². The molecule has 2 aromatic carbocycles. The Kier molecular flexibility index (Phi) is 9.93. The molecule has 34 heavy (non-hydrogen) atoms. The maximum atomic E-state index is 12.9. The Morgan fingerprint density at radius 2 is 1.76 bits per heavy atom. The van der Waals surface area contributed by atoms with Gasteiger partial charge in [0.05, 0.1) is 25.6 Å². The second-order valence-electron chi connectivity index (χ2n) is 8.45. The molecule has 7 heteroatoms. The fourth-order valence-corrected chi connectivity index (χ4v) is 4.43. The molecular weight excluding hydrogens is 428 g/mol. The van der Waals surface area contributed by atoms with Gasteiger partial charge in [0.15, 0.2) is 0 Å². The molecular formula is C27H34N4O3. The predicted molar refractivity (Wildman–Crippen MR) is 132 cm³/mol.